The monoisotopic (exact) mass is 326 g/mol. The van der Waals surface area contributed by atoms with Gasteiger partial charge in [0.2, 0.25) is 0 Å². The Morgan fingerprint density at radius 2 is 1.95 bits per heavy atom. The predicted octanol–water partition coefficient (Wildman–Crippen LogP) is 3.04. The van der Waals surface area contributed by atoms with Gasteiger partial charge in [-0.05, 0) is 36.8 Å². The van der Waals surface area contributed by atoms with Crippen molar-refractivity contribution in [1.82, 2.24) is 0 Å². The minimum absolute atomic E-state index is 0.0807. The number of sulfonamides is 1. The number of hydrogen-bond donors (Lipinski definition) is 2. The van der Waals surface area contributed by atoms with Gasteiger partial charge in [-0.15, -0.1) is 0 Å². The lowest BCUT2D eigenvalue weighted by Gasteiger charge is -2.13. The van der Waals surface area contributed by atoms with Crippen LogP contribution in [-0.4, -0.2) is 15.5 Å². The maximum Gasteiger partial charge on any atom is 0.262 e. The minimum Gasteiger partial charge on any atom is -0.495 e. The fraction of sp³-hybridized carbons (Fsp3) is 0.143. The van der Waals surface area contributed by atoms with Crippen LogP contribution < -0.4 is 15.2 Å². The summed E-state index contributed by atoms with van der Waals surface area (Å²) < 4.78 is 32.4. The molecule has 0 aliphatic heterocycles. The number of hydrogen-bond acceptors (Lipinski definition) is 4. The van der Waals surface area contributed by atoms with E-state index < -0.39 is 10.0 Å². The number of nitrogens with two attached hydrogens (primary N) is 1. The summed E-state index contributed by atoms with van der Waals surface area (Å²) in [6.45, 7) is 1.78. The van der Waals surface area contributed by atoms with Gasteiger partial charge in [-0.2, -0.15) is 0 Å². The van der Waals surface area contributed by atoms with Crippen LogP contribution >= 0.6 is 11.6 Å². The van der Waals surface area contributed by atoms with Crippen molar-refractivity contribution in [2.75, 3.05) is 17.6 Å². The van der Waals surface area contributed by atoms with Gasteiger partial charge in [-0.1, -0.05) is 17.7 Å². The van der Waals surface area contributed by atoms with E-state index in [1.54, 1.807) is 31.2 Å². The van der Waals surface area contributed by atoms with Crippen molar-refractivity contribution in [2.24, 2.45) is 0 Å². The molecule has 21 heavy (non-hydrogen) atoms. The standard InChI is InChI=1S/C14H15ClN2O3S/c1-9-6-13(14(20-2)8-12(9)15)17-21(18,19)11-5-3-4-10(16)7-11/h3-8,17H,16H2,1-2H3. The quantitative estimate of drug-likeness (QED) is 0.846. The summed E-state index contributed by atoms with van der Waals surface area (Å²) in [5.74, 6) is 0.345. The lowest BCUT2D eigenvalue weighted by atomic mass is 10.2. The van der Waals surface area contributed by atoms with Crippen LogP contribution in [0.1, 0.15) is 5.56 Å². The molecule has 0 saturated carbocycles. The topological polar surface area (TPSA) is 81.4 Å². The zero-order valence-electron chi connectivity index (χ0n) is 11.6. The molecule has 0 fully saturated rings. The first-order valence-electron chi connectivity index (χ1n) is 6.06. The zero-order valence-corrected chi connectivity index (χ0v) is 13.1. The molecule has 2 aromatic carbocycles. The Bertz CT molecular complexity index is 776. The van der Waals surface area contributed by atoms with E-state index in [1.807, 2.05) is 0 Å². The summed E-state index contributed by atoms with van der Waals surface area (Å²) in [5.41, 5.74) is 7.05. The van der Waals surface area contributed by atoms with Gasteiger partial charge in [0.15, 0.2) is 0 Å². The van der Waals surface area contributed by atoms with Crippen LogP contribution in [-0.2, 0) is 10.0 Å². The summed E-state index contributed by atoms with van der Waals surface area (Å²) in [6.07, 6.45) is 0. The second-order valence-electron chi connectivity index (χ2n) is 4.48. The molecular formula is C14H15ClN2O3S. The van der Waals surface area contributed by atoms with Crippen molar-refractivity contribution in [3.63, 3.8) is 0 Å². The number of ether oxygens (including phenoxy) is 1. The van der Waals surface area contributed by atoms with Crippen LogP contribution in [0.5, 0.6) is 5.75 Å². The minimum atomic E-state index is -3.75. The third-order valence-corrected chi connectivity index (χ3v) is 4.66. The van der Waals surface area contributed by atoms with E-state index in [0.717, 1.165) is 5.56 Å². The molecule has 0 saturated heterocycles. The molecule has 0 bridgehead atoms. The van der Waals surface area contributed by atoms with Crippen LogP contribution in [0.25, 0.3) is 0 Å². The van der Waals surface area contributed by atoms with Crippen LogP contribution in [0.15, 0.2) is 41.3 Å². The first-order chi connectivity index (χ1) is 9.83. The number of anilines is 2. The van der Waals surface area contributed by atoms with E-state index >= 15 is 0 Å². The number of nitrogens with one attached hydrogen (secondary N) is 1. The molecule has 7 heteroatoms. The van der Waals surface area contributed by atoms with E-state index in [1.165, 1.54) is 19.2 Å². The number of halogens is 1. The average Bonchev–Trinajstić information content (AvgIpc) is 2.42. The highest BCUT2D eigenvalue weighted by atomic mass is 35.5. The highest BCUT2D eigenvalue weighted by Gasteiger charge is 2.17. The van der Waals surface area contributed by atoms with Crippen molar-refractivity contribution in [2.45, 2.75) is 11.8 Å². The van der Waals surface area contributed by atoms with E-state index in [0.29, 0.717) is 22.1 Å². The second kappa shape index (κ2) is 5.83. The van der Waals surface area contributed by atoms with E-state index in [9.17, 15) is 8.42 Å². The molecule has 0 atom stereocenters. The molecule has 0 unspecified atom stereocenters. The Kier molecular flexibility index (Phi) is 4.29. The molecule has 0 radical (unpaired) electrons. The Labute approximate surface area is 128 Å². The molecule has 0 aliphatic carbocycles. The number of aryl methyl sites for hydroxylation is 1. The van der Waals surface area contributed by atoms with Gasteiger partial charge in [0, 0.05) is 16.8 Å². The van der Waals surface area contributed by atoms with E-state index in [-0.39, 0.29) is 4.90 Å². The van der Waals surface area contributed by atoms with E-state index in [4.69, 9.17) is 22.1 Å². The van der Waals surface area contributed by atoms with Crippen molar-refractivity contribution in [3.05, 3.63) is 47.0 Å². The predicted molar refractivity (Wildman–Crippen MR) is 84.4 cm³/mol. The zero-order chi connectivity index (χ0) is 15.6. The van der Waals surface area contributed by atoms with Gasteiger partial charge in [-0.25, -0.2) is 8.42 Å². The smallest absolute Gasteiger partial charge is 0.262 e. The summed E-state index contributed by atoms with van der Waals surface area (Å²) in [7, 11) is -2.31. The van der Waals surface area contributed by atoms with Crippen LogP contribution in [0, 0.1) is 6.92 Å². The Hall–Kier alpha value is -1.92. The van der Waals surface area contributed by atoms with E-state index in [2.05, 4.69) is 4.72 Å². The summed E-state index contributed by atoms with van der Waals surface area (Å²) in [4.78, 5) is 0.0807. The lowest BCUT2D eigenvalue weighted by molar-refractivity contribution is 0.417. The fourth-order valence-electron chi connectivity index (χ4n) is 1.80. The van der Waals surface area contributed by atoms with Gasteiger partial charge in [0.25, 0.3) is 10.0 Å². The van der Waals surface area contributed by atoms with Crippen molar-refractivity contribution >= 4 is 33.0 Å². The Balaban J connectivity index is 2.44. The molecule has 112 valence electrons. The van der Waals surface area contributed by atoms with Crippen molar-refractivity contribution < 1.29 is 13.2 Å². The van der Waals surface area contributed by atoms with Crippen LogP contribution in [0.4, 0.5) is 11.4 Å². The van der Waals surface area contributed by atoms with Crippen molar-refractivity contribution in [1.29, 1.82) is 0 Å². The van der Waals surface area contributed by atoms with Crippen LogP contribution in [0.2, 0.25) is 5.02 Å². The van der Waals surface area contributed by atoms with Gasteiger partial charge in [-0.3, -0.25) is 4.72 Å². The SMILES string of the molecule is COc1cc(Cl)c(C)cc1NS(=O)(=O)c1cccc(N)c1. The maximum atomic E-state index is 12.4. The highest BCUT2D eigenvalue weighted by molar-refractivity contribution is 7.92. The third-order valence-electron chi connectivity index (χ3n) is 2.89. The fourth-order valence-corrected chi connectivity index (χ4v) is 3.07. The van der Waals surface area contributed by atoms with Crippen molar-refractivity contribution in [3.8, 4) is 5.75 Å². The first kappa shape index (κ1) is 15.5. The number of methoxy groups -OCH3 is 1. The highest BCUT2D eigenvalue weighted by Crippen LogP contribution is 2.32. The van der Waals surface area contributed by atoms with Gasteiger partial charge in [0.1, 0.15) is 5.75 Å². The molecule has 0 heterocycles. The lowest BCUT2D eigenvalue weighted by Crippen LogP contribution is -2.14. The molecule has 3 N–H and O–H groups in total. The molecule has 5 nitrogen and oxygen atoms in total. The average molecular weight is 327 g/mol. The summed E-state index contributed by atoms with van der Waals surface area (Å²) in [6, 6.07) is 9.23. The molecule has 0 aliphatic rings. The molecule has 0 amide bonds. The number of nitrogen functional groups attached to an aromatic ring is 1. The van der Waals surface area contributed by atoms with Gasteiger partial charge in [0.05, 0.1) is 17.7 Å². The maximum absolute atomic E-state index is 12.4. The third kappa shape index (κ3) is 3.40. The molecule has 2 aromatic rings. The summed E-state index contributed by atoms with van der Waals surface area (Å²) in [5, 5.41) is 0.499. The molecule has 2 rings (SSSR count). The number of rotatable bonds is 4. The van der Waals surface area contributed by atoms with Crippen LogP contribution in [0.3, 0.4) is 0 Å². The normalized spacial score (nSPS) is 11.2. The Morgan fingerprint density at radius 1 is 1.24 bits per heavy atom. The molecule has 0 aromatic heterocycles. The first-order valence-corrected chi connectivity index (χ1v) is 7.92. The Morgan fingerprint density at radius 3 is 2.57 bits per heavy atom. The van der Waals surface area contributed by atoms with Gasteiger partial charge < -0.3 is 10.5 Å². The summed E-state index contributed by atoms with van der Waals surface area (Å²) >= 11 is 6.00. The second-order valence-corrected chi connectivity index (χ2v) is 6.57. The largest absolute Gasteiger partial charge is 0.495 e. The number of benzene rings is 2. The van der Waals surface area contributed by atoms with Gasteiger partial charge >= 0.3 is 0 Å². The molecular weight excluding hydrogens is 312 g/mol. The molecule has 0 spiro atoms.